The van der Waals surface area contributed by atoms with Crippen molar-refractivity contribution in [1.29, 1.82) is 0 Å². The van der Waals surface area contributed by atoms with E-state index in [1.165, 1.54) is 22.2 Å². The van der Waals surface area contributed by atoms with Crippen LogP contribution in [0, 0.1) is 0 Å². The van der Waals surface area contributed by atoms with Crippen LogP contribution >= 0.6 is 23.5 Å². The first-order valence-electron chi connectivity index (χ1n) is 10.4. The summed E-state index contributed by atoms with van der Waals surface area (Å²) in [6, 6.07) is 16.4. The van der Waals surface area contributed by atoms with E-state index in [9.17, 15) is 4.79 Å². The van der Waals surface area contributed by atoms with Crippen molar-refractivity contribution in [2.75, 3.05) is 12.0 Å². The van der Waals surface area contributed by atoms with E-state index in [2.05, 4.69) is 65.8 Å². The van der Waals surface area contributed by atoms with Crippen LogP contribution in [0.25, 0.3) is 11.4 Å². The van der Waals surface area contributed by atoms with Crippen molar-refractivity contribution < 1.29 is 4.79 Å². The number of hydrogen-bond donors (Lipinski definition) is 1. The summed E-state index contributed by atoms with van der Waals surface area (Å²) in [5.41, 5.74) is 5.90. The molecule has 0 aliphatic heterocycles. The zero-order valence-corrected chi connectivity index (χ0v) is 20.8. The average molecular weight is 468 g/mol. The molecule has 32 heavy (non-hydrogen) atoms. The van der Waals surface area contributed by atoms with Crippen molar-refractivity contribution in [3.05, 3.63) is 59.7 Å². The van der Waals surface area contributed by atoms with Gasteiger partial charge in [0.25, 0.3) is 5.91 Å². The van der Waals surface area contributed by atoms with E-state index in [4.69, 9.17) is 0 Å². The van der Waals surface area contributed by atoms with Gasteiger partial charge in [0.2, 0.25) is 0 Å². The Morgan fingerprint density at radius 1 is 1.09 bits per heavy atom. The van der Waals surface area contributed by atoms with Crippen LogP contribution in [0.4, 0.5) is 0 Å². The van der Waals surface area contributed by atoms with Gasteiger partial charge in [-0.1, -0.05) is 68.9 Å². The van der Waals surface area contributed by atoms with Crippen molar-refractivity contribution >= 4 is 35.6 Å². The number of nitrogens with zero attached hydrogens (tertiary/aromatic N) is 4. The molecule has 0 fully saturated rings. The largest absolute Gasteiger partial charge is 0.302 e. The van der Waals surface area contributed by atoms with Crippen molar-refractivity contribution in [3.8, 4) is 11.4 Å². The number of aromatic nitrogens is 3. The molecule has 0 atom stereocenters. The molecule has 1 aromatic heterocycles. The number of nitrogens with one attached hydrogen (secondary N) is 1. The van der Waals surface area contributed by atoms with E-state index in [1.807, 2.05) is 42.0 Å². The van der Waals surface area contributed by atoms with E-state index in [1.54, 1.807) is 18.0 Å². The van der Waals surface area contributed by atoms with Crippen molar-refractivity contribution in [1.82, 2.24) is 20.2 Å². The van der Waals surface area contributed by atoms with E-state index >= 15 is 0 Å². The second-order valence-electron chi connectivity index (χ2n) is 8.23. The van der Waals surface area contributed by atoms with Gasteiger partial charge in [-0.3, -0.25) is 4.79 Å². The summed E-state index contributed by atoms with van der Waals surface area (Å²) in [6.07, 6.45) is 3.67. The highest BCUT2D eigenvalue weighted by atomic mass is 32.2. The Labute approximate surface area is 198 Å². The molecule has 2 aromatic carbocycles. The quantitative estimate of drug-likeness (QED) is 0.279. The summed E-state index contributed by atoms with van der Waals surface area (Å²) >= 11 is 3.04. The van der Waals surface area contributed by atoms with E-state index in [0.29, 0.717) is 5.16 Å². The van der Waals surface area contributed by atoms with E-state index in [-0.39, 0.29) is 17.1 Å². The third kappa shape index (κ3) is 6.23. The first-order chi connectivity index (χ1) is 15.3. The zero-order valence-electron chi connectivity index (χ0n) is 19.1. The van der Waals surface area contributed by atoms with Crippen molar-refractivity contribution in [2.24, 2.45) is 5.10 Å². The van der Waals surface area contributed by atoms with E-state index in [0.717, 1.165) is 23.5 Å². The van der Waals surface area contributed by atoms with Gasteiger partial charge >= 0.3 is 0 Å². The topological polar surface area (TPSA) is 72.2 Å². The van der Waals surface area contributed by atoms with Gasteiger partial charge in [0.15, 0.2) is 11.0 Å². The van der Waals surface area contributed by atoms with Crippen LogP contribution in [-0.4, -0.2) is 38.9 Å². The minimum atomic E-state index is -0.186. The minimum Gasteiger partial charge on any atom is -0.302 e. The number of rotatable bonds is 8. The molecule has 0 spiro atoms. The molecule has 1 amide bonds. The van der Waals surface area contributed by atoms with Gasteiger partial charge in [-0.25, -0.2) is 5.43 Å². The molecule has 3 rings (SSSR count). The molecule has 0 aliphatic carbocycles. The molecule has 6 nitrogen and oxygen atoms in total. The van der Waals surface area contributed by atoms with Gasteiger partial charge in [-0.2, -0.15) is 5.10 Å². The molecular weight excluding hydrogens is 438 g/mol. The summed E-state index contributed by atoms with van der Waals surface area (Å²) in [5.74, 6) is 0.834. The van der Waals surface area contributed by atoms with Gasteiger partial charge < -0.3 is 4.57 Å². The minimum absolute atomic E-state index is 0.103. The Kier molecular flexibility index (Phi) is 8.15. The fourth-order valence-corrected chi connectivity index (χ4v) is 4.25. The normalized spacial score (nSPS) is 11.8. The summed E-state index contributed by atoms with van der Waals surface area (Å²) in [5, 5.41) is 13.4. The van der Waals surface area contributed by atoms with Crippen molar-refractivity contribution in [2.45, 2.75) is 49.7 Å². The lowest BCUT2D eigenvalue weighted by Crippen LogP contribution is -2.20. The van der Waals surface area contributed by atoms with Crippen LogP contribution in [0.3, 0.4) is 0 Å². The Hall–Kier alpha value is -2.58. The first kappa shape index (κ1) is 24.1. The Morgan fingerprint density at radius 2 is 1.78 bits per heavy atom. The second-order valence-corrected chi connectivity index (χ2v) is 10.1. The highest BCUT2D eigenvalue weighted by molar-refractivity contribution is 7.99. The molecule has 0 radical (unpaired) electrons. The summed E-state index contributed by atoms with van der Waals surface area (Å²) in [7, 11) is 0. The van der Waals surface area contributed by atoms with Crippen LogP contribution in [0.15, 0.2) is 63.7 Å². The maximum atomic E-state index is 12.2. The van der Waals surface area contributed by atoms with Gasteiger partial charge in [0.1, 0.15) is 0 Å². The zero-order chi connectivity index (χ0) is 23.1. The molecule has 1 heterocycles. The van der Waals surface area contributed by atoms with Gasteiger partial charge in [-0.05, 0) is 41.9 Å². The lowest BCUT2D eigenvalue weighted by atomic mass is 9.87. The van der Waals surface area contributed by atoms with Crippen LogP contribution in [0.2, 0.25) is 0 Å². The molecule has 0 saturated heterocycles. The van der Waals surface area contributed by atoms with Gasteiger partial charge in [-0.15, -0.1) is 22.0 Å². The third-order valence-electron chi connectivity index (χ3n) is 4.89. The molecule has 8 heteroatoms. The fraction of sp³-hybridized carbons (Fsp3) is 0.333. The predicted octanol–water partition coefficient (Wildman–Crippen LogP) is 5.23. The number of carbonyl (C=O) groups is 1. The molecule has 1 N–H and O–H groups in total. The summed E-state index contributed by atoms with van der Waals surface area (Å²) in [4.78, 5) is 13.4. The molecule has 0 aliphatic rings. The Balaban J connectivity index is 1.60. The predicted molar refractivity (Wildman–Crippen MR) is 135 cm³/mol. The second kappa shape index (κ2) is 10.8. The highest BCUT2D eigenvalue weighted by Crippen LogP contribution is 2.27. The molecule has 0 unspecified atom stereocenters. The lowest BCUT2D eigenvalue weighted by molar-refractivity contribution is -0.118. The average Bonchev–Trinajstić information content (AvgIpc) is 3.20. The number of hydrazone groups is 1. The van der Waals surface area contributed by atoms with Crippen LogP contribution in [0.5, 0.6) is 0 Å². The van der Waals surface area contributed by atoms with Crippen LogP contribution < -0.4 is 5.43 Å². The number of thioether (sulfide) groups is 2. The SMILES string of the molecule is CCn1c(SCC(=O)N/N=C/c2ccc(SC)cc2)nnc1-c1ccc(C(C)(C)C)cc1. The summed E-state index contributed by atoms with van der Waals surface area (Å²) < 4.78 is 2.03. The number of carbonyl (C=O) groups excluding carboxylic acids is 1. The van der Waals surface area contributed by atoms with Gasteiger partial charge in [0.05, 0.1) is 12.0 Å². The molecular formula is C24H29N5OS2. The molecule has 0 bridgehead atoms. The lowest BCUT2D eigenvalue weighted by Gasteiger charge is -2.19. The smallest absolute Gasteiger partial charge is 0.250 e. The fourth-order valence-electron chi connectivity index (χ4n) is 3.04. The standard InChI is InChI=1S/C24H29N5OS2/c1-6-29-22(18-9-11-19(12-10-18)24(2,3)4)27-28-23(29)32-16-21(30)26-25-15-17-7-13-20(31-5)14-8-17/h7-15H,6,16H2,1-5H3,(H,26,30)/b25-15+. The van der Waals surface area contributed by atoms with Gasteiger partial charge in [0, 0.05) is 17.0 Å². The highest BCUT2D eigenvalue weighted by Gasteiger charge is 2.17. The maximum Gasteiger partial charge on any atom is 0.250 e. The van der Waals surface area contributed by atoms with Crippen LogP contribution in [0.1, 0.15) is 38.8 Å². The summed E-state index contributed by atoms with van der Waals surface area (Å²) in [6.45, 7) is 9.36. The van der Waals surface area contributed by atoms with Crippen LogP contribution in [-0.2, 0) is 16.8 Å². The van der Waals surface area contributed by atoms with E-state index < -0.39 is 0 Å². The number of amides is 1. The maximum absolute atomic E-state index is 12.2. The molecule has 3 aromatic rings. The monoisotopic (exact) mass is 467 g/mol. The van der Waals surface area contributed by atoms with Crippen molar-refractivity contribution in [3.63, 3.8) is 0 Å². The first-order valence-corrected chi connectivity index (χ1v) is 12.7. The molecule has 168 valence electrons. The Morgan fingerprint density at radius 3 is 2.38 bits per heavy atom. The molecule has 0 saturated carbocycles. The number of hydrogen-bond acceptors (Lipinski definition) is 6. The Bertz CT molecular complexity index is 1070. The third-order valence-corrected chi connectivity index (χ3v) is 6.60. The number of benzene rings is 2.